The van der Waals surface area contributed by atoms with Gasteiger partial charge in [0, 0.05) is 11.6 Å². The van der Waals surface area contributed by atoms with E-state index in [-0.39, 0.29) is 38.0 Å². The predicted molar refractivity (Wildman–Crippen MR) is 98.7 cm³/mol. The molecule has 2 rings (SSSR count). The summed E-state index contributed by atoms with van der Waals surface area (Å²) in [7, 11) is 1.39. The third kappa shape index (κ3) is 3.16. The van der Waals surface area contributed by atoms with Crippen LogP contribution >= 0.6 is 23.2 Å². The fraction of sp³-hybridized carbons (Fsp3) is 0.278. The van der Waals surface area contributed by atoms with E-state index in [1.54, 1.807) is 19.9 Å². The number of benzene rings is 1. The van der Waals surface area contributed by atoms with E-state index >= 15 is 0 Å². The van der Waals surface area contributed by atoms with Gasteiger partial charge < -0.3 is 9.84 Å². The van der Waals surface area contributed by atoms with Crippen LogP contribution in [-0.4, -0.2) is 22.6 Å². The van der Waals surface area contributed by atoms with Gasteiger partial charge in [0.25, 0.3) is 5.56 Å². The lowest BCUT2D eigenvalue weighted by Crippen LogP contribution is -2.28. The second kappa shape index (κ2) is 7.40. The van der Waals surface area contributed by atoms with Crippen LogP contribution in [0.3, 0.4) is 0 Å². The van der Waals surface area contributed by atoms with Crippen LogP contribution in [-0.2, 0) is 0 Å². The van der Waals surface area contributed by atoms with Crippen LogP contribution < -0.4 is 10.3 Å². The van der Waals surface area contributed by atoms with Gasteiger partial charge >= 0.3 is 0 Å². The van der Waals surface area contributed by atoms with Crippen LogP contribution in [0.25, 0.3) is 0 Å². The standard InChI is InChI=1S/C18H16Cl2N2O4/c1-8(2)22-17(24)11(7-21)9(3)14(18(22)25)15(23)10-5-12(19)16(26-4)13(20)6-10/h5-6,8,25H,1-4H3. The van der Waals surface area contributed by atoms with Gasteiger partial charge in [-0.25, -0.2) is 0 Å². The third-order valence-electron chi connectivity index (χ3n) is 3.95. The molecular weight excluding hydrogens is 379 g/mol. The molecule has 136 valence electrons. The highest BCUT2D eigenvalue weighted by atomic mass is 35.5. The molecule has 0 unspecified atom stereocenters. The zero-order chi connectivity index (χ0) is 19.8. The molecule has 0 aliphatic heterocycles. The molecule has 0 radical (unpaired) electrons. The Morgan fingerprint density at radius 2 is 1.85 bits per heavy atom. The predicted octanol–water partition coefficient (Wildman–Crippen LogP) is 3.86. The van der Waals surface area contributed by atoms with E-state index in [1.165, 1.54) is 26.2 Å². The van der Waals surface area contributed by atoms with Crippen LogP contribution in [0.2, 0.25) is 10.0 Å². The van der Waals surface area contributed by atoms with Crippen LogP contribution in [0.1, 0.15) is 46.9 Å². The number of nitrogens with zero attached hydrogens (tertiary/aromatic N) is 2. The first-order chi connectivity index (χ1) is 12.1. The van der Waals surface area contributed by atoms with Crippen molar-refractivity contribution in [3.05, 3.63) is 54.8 Å². The summed E-state index contributed by atoms with van der Waals surface area (Å²) in [5.74, 6) is -0.900. The lowest BCUT2D eigenvalue weighted by molar-refractivity contribution is 0.103. The summed E-state index contributed by atoms with van der Waals surface area (Å²) in [5, 5.41) is 20.1. The number of aromatic hydroxyl groups is 1. The number of pyridine rings is 1. The van der Waals surface area contributed by atoms with Gasteiger partial charge in [0.1, 0.15) is 11.6 Å². The monoisotopic (exact) mass is 394 g/mol. The summed E-state index contributed by atoms with van der Waals surface area (Å²) < 4.78 is 6.06. The third-order valence-corrected chi connectivity index (χ3v) is 4.52. The molecule has 1 N–H and O–H groups in total. The zero-order valence-electron chi connectivity index (χ0n) is 14.6. The molecule has 2 aromatic rings. The number of hydrogen-bond donors (Lipinski definition) is 1. The lowest BCUT2D eigenvalue weighted by atomic mass is 9.97. The molecule has 0 aliphatic carbocycles. The Labute approximate surface area is 160 Å². The van der Waals surface area contributed by atoms with Gasteiger partial charge in [-0.3, -0.25) is 14.2 Å². The molecule has 1 heterocycles. The van der Waals surface area contributed by atoms with E-state index in [0.29, 0.717) is 0 Å². The highest BCUT2D eigenvalue weighted by Gasteiger charge is 2.26. The van der Waals surface area contributed by atoms with Gasteiger partial charge in [-0.05, 0) is 38.5 Å². The molecule has 0 saturated heterocycles. The second-order valence-corrected chi connectivity index (χ2v) is 6.70. The maximum Gasteiger partial charge on any atom is 0.271 e. The van der Waals surface area contributed by atoms with Crippen molar-refractivity contribution in [2.75, 3.05) is 7.11 Å². The Bertz CT molecular complexity index is 981. The normalized spacial score (nSPS) is 10.7. The maximum atomic E-state index is 13.0. The molecule has 0 fully saturated rings. The van der Waals surface area contributed by atoms with Gasteiger partial charge in [0.2, 0.25) is 5.88 Å². The van der Waals surface area contributed by atoms with E-state index in [1.807, 2.05) is 0 Å². The number of carbonyl (C=O) groups excluding carboxylic acids is 1. The molecule has 1 aromatic heterocycles. The summed E-state index contributed by atoms with van der Waals surface area (Å²) >= 11 is 12.2. The van der Waals surface area contributed by atoms with Crippen molar-refractivity contribution >= 4 is 29.0 Å². The maximum absolute atomic E-state index is 13.0. The van der Waals surface area contributed by atoms with Crippen molar-refractivity contribution < 1.29 is 14.6 Å². The van der Waals surface area contributed by atoms with Gasteiger partial charge in [0.15, 0.2) is 11.5 Å². The van der Waals surface area contributed by atoms with Crippen molar-refractivity contribution in [1.82, 2.24) is 4.57 Å². The highest BCUT2D eigenvalue weighted by Crippen LogP contribution is 2.35. The number of methoxy groups -OCH3 is 1. The number of ether oxygens (including phenoxy) is 1. The van der Waals surface area contributed by atoms with Gasteiger partial charge in [-0.2, -0.15) is 5.26 Å². The lowest BCUT2D eigenvalue weighted by Gasteiger charge is -2.18. The summed E-state index contributed by atoms with van der Waals surface area (Å²) in [6.07, 6.45) is 0. The Morgan fingerprint density at radius 3 is 2.27 bits per heavy atom. The fourth-order valence-corrected chi connectivity index (χ4v) is 3.34. The van der Waals surface area contributed by atoms with E-state index in [9.17, 15) is 20.0 Å². The summed E-state index contributed by atoms with van der Waals surface area (Å²) in [6, 6.07) is 4.05. The SMILES string of the molecule is COc1c(Cl)cc(C(=O)c2c(C)c(C#N)c(=O)n(C(C)C)c2O)cc1Cl. The minimum absolute atomic E-state index is 0.0945. The van der Waals surface area contributed by atoms with Gasteiger partial charge in [-0.15, -0.1) is 0 Å². The molecular formula is C18H16Cl2N2O4. The fourth-order valence-electron chi connectivity index (χ4n) is 2.70. The highest BCUT2D eigenvalue weighted by molar-refractivity contribution is 6.38. The molecule has 0 amide bonds. The Kier molecular flexibility index (Phi) is 5.65. The van der Waals surface area contributed by atoms with Crippen LogP contribution in [0, 0.1) is 18.3 Å². The average Bonchev–Trinajstić information content (AvgIpc) is 2.54. The molecule has 26 heavy (non-hydrogen) atoms. The Morgan fingerprint density at radius 1 is 1.31 bits per heavy atom. The number of aromatic nitrogens is 1. The molecule has 6 nitrogen and oxygen atoms in total. The number of hydrogen-bond acceptors (Lipinski definition) is 5. The Hall–Kier alpha value is -2.49. The summed E-state index contributed by atoms with van der Waals surface area (Å²) in [4.78, 5) is 25.4. The van der Waals surface area contributed by atoms with Gasteiger partial charge in [-0.1, -0.05) is 23.2 Å². The van der Waals surface area contributed by atoms with Crippen molar-refractivity contribution in [1.29, 1.82) is 5.26 Å². The summed E-state index contributed by atoms with van der Waals surface area (Å²) in [5.41, 5.74) is -0.811. The number of halogens is 2. The number of ketones is 1. The quantitative estimate of drug-likeness (QED) is 0.794. The molecule has 1 aromatic carbocycles. The smallest absolute Gasteiger partial charge is 0.271 e. The van der Waals surface area contributed by atoms with E-state index in [0.717, 1.165) is 4.57 Å². The van der Waals surface area contributed by atoms with Crippen LogP contribution in [0.5, 0.6) is 11.6 Å². The first kappa shape index (κ1) is 19.8. The molecule has 0 aliphatic rings. The first-order valence-corrected chi connectivity index (χ1v) is 8.37. The van der Waals surface area contributed by atoms with E-state index < -0.39 is 23.3 Å². The number of rotatable bonds is 4. The minimum Gasteiger partial charge on any atom is -0.494 e. The largest absolute Gasteiger partial charge is 0.494 e. The zero-order valence-corrected chi connectivity index (χ0v) is 16.1. The van der Waals surface area contributed by atoms with Crippen molar-refractivity contribution in [2.24, 2.45) is 0 Å². The molecule has 0 spiro atoms. The molecule has 0 saturated carbocycles. The van der Waals surface area contributed by atoms with Crippen molar-refractivity contribution in [2.45, 2.75) is 26.8 Å². The van der Waals surface area contributed by atoms with Crippen molar-refractivity contribution in [3.63, 3.8) is 0 Å². The number of nitriles is 1. The molecule has 0 bridgehead atoms. The Balaban J connectivity index is 2.81. The van der Waals surface area contributed by atoms with Crippen LogP contribution in [0.4, 0.5) is 0 Å². The van der Waals surface area contributed by atoms with E-state index in [4.69, 9.17) is 27.9 Å². The molecule has 8 heteroatoms. The van der Waals surface area contributed by atoms with Gasteiger partial charge in [0.05, 0.1) is 22.7 Å². The number of carbonyl (C=O) groups is 1. The summed E-state index contributed by atoms with van der Waals surface area (Å²) in [6.45, 7) is 4.75. The second-order valence-electron chi connectivity index (χ2n) is 5.88. The van der Waals surface area contributed by atoms with Crippen LogP contribution in [0.15, 0.2) is 16.9 Å². The minimum atomic E-state index is -0.653. The topological polar surface area (TPSA) is 92.3 Å². The first-order valence-electron chi connectivity index (χ1n) is 7.61. The average molecular weight is 395 g/mol. The molecule has 0 atom stereocenters. The van der Waals surface area contributed by atoms with Crippen molar-refractivity contribution in [3.8, 4) is 17.7 Å². The van der Waals surface area contributed by atoms with E-state index in [2.05, 4.69) is 0 Å².